The van der Waals surface area contributed by atoms with Gasteiger partial charge in [-0.3, -0.25) is 0 Å². The lowest BCUT2D eigenvalue weighted by atomic mass is 9.82. The van der Waals surface area contributed by atoms with Crippen LogP contribution in [0, 0.1) is 0 Å². The fourth-order valence-electron chi connectivity index (χ4n) is 1.98. The molecule has 14 heavy (non-hydrogen) atoms. The number of nitrogens with two attached hydrogens (primary N) is 1. The lowest BCUT2D eigenvalue weighted by Crippen LogP contribution is -2.40. The molecule has 1 aromatic rings. The molecule has 0 unspecified atom stereocenters. The topological polar surface area (TPSA) is 51.8 Å². The van der Waals surface area contributed by atoms with Crippen molar-refractivity contribution in [3.8, 4) is 0 Å². The zero-order chi connectivity index (χ0) is 10.0. The average molecular weight is 256 g/mol. The van der Waals surface area contributed by atoms with E-state index in [1.165, 1.54) is 19.3 Å². The predicted molar refractivity (Wildman–Crippen MR) is 58.7 cm³/mol. The van der Waals surface area contributed by atoms with Gasteiger partial charge in [-0.25, -0.2) is 9.97 Å². The second-order valence-corrected chi connectivity index (χ2v) is 4.86. The Morgan fingerprint density at radius 3 is 2.29 bits per heavy atom. The van der Waals surface area contributed by atoms with Gasteiger partial charge in [0.1, 0.15) is 5.82 Å². The van der Waals surface area contributed by atoms with Gasteiger partial charge in [0.25, 0.3) is 0 Å². The van der Waals surface area contributed by atoms with Crippen molar-refractivity contribution in [2.75, 3.05) is 0 Å². The first-order chi connectivity index (χ1) is 6.71. The number of hydrogen-bond donors (Lipinski definition) is 1. The van der Waals surface area contributed by atoms with Crippen LogP contribution < -0.4 is 5.73 Å². The Kier molecular flexibility index (Phi) is 2.83. The first-order valence-corrected chi connectivity index (χ1v) is 5.77. The monoisotopic (exact) mass is 255 g/mol. The van der Waals surface area contributed by atoms with E-state index in [4.69, 9.17) is 5.73 Å². The van der Waals surface area contributed by atoms with Crippen molar-refractivity contribution in [1.29, 1.82) is 0 Å². The van der Waals surface area contributed by atoms with Crippen molar-refractivity contribution < 1.29 is 0 Å². The molecule has 0 radical (unpaired) electrons. The molecule has 0 saturated heterocycles. The second kappa shape index (κ2) is 3.95. The smallest absolute Gasteiger partial charge is 0.148 e. The summed E-state index contributed by atoms with van der Waals surface area (Å²) >= 11 is 3.32. The number of aromatic nitrogens is 2. The molecule has 1 heterocycles. The molecular weight excluding hydrogens is 242 g/mol. The van der Waals surface area contributed by atoms with Crippen LogP contribution in [0.25, 0.3) is 0 Å². The molecule has 0 bridgehead atoms. The molecule has 3 nitrogen and oxygen atoms in total. The zero-order valence-electron chi connectivity index (χ0n) is 8.04. The normalized spacial score (nSPS) is 20.7. The summed E-state index contributed by atoms with van der Waals surface area (Å²) in [5.41, 5.74) is 6.01. The van der Waals surface area contributed by atoms with Crippen molar-refractivity contribution >= 4 is 15.9 Å². The molecule has 0 aromatic carbocycles. The average Bonchev–Trinajstić information content (AvgIpc) is 2.19. The Morgan fingerprint density at radius 1 is 1.14 bits per heavy atom. The van der Waals surface area contributed by atoms with E-state index in [2.05, 4.69) is 25.9 Å². The third-order valence-electron chi connectivity index (χ3n) is 2.81. The van der Waals surface area contributed by atoms with Gasteiger partial charge in [-0.2, -0.15) is 0 Å². The summed E-state index contributed by atoms with van der Waals surface area (Å²) < 4.78 is 0.903. The van der Waals surface area contributed by atoms with Crippen molar-refractivity contribution in [2.45, 2.75) is 37.6 Å². The lowest BCUT2D eigenvalue weighted by Gasteiger charge is -2.31. The van der Waals surface area contributed by atoms with Crippen molar-refractivity contribution in [3.63, 3.8) is 0 Å². The van der Waals surface area contributed by atoms with E-state index in [1.807, 2.05) is 0 Å². The number of rotatable bonds is 1. The molecule has 4 heteroatoms. The van der Waals surface area contributed by atoms with E-state index < -0.39 is 0 Å². The van der Waals surface area contributed by atoms with Crippen LogP contribution in [0.3, 0.4) is 0 Å². The number of nitrogens with zero attached hydrogens (tertiary/aromatic N) is 2. The molecule has 2 N–H and O–H groups in total. The van der Waals surface area contributed by atoms with Gasteiger partial charge in [0, 0.05) is 12.4 Å². The summed E-state index contributed by atoms with van der Waals surface area (Å²) in [7, 11) is 0. The van der Waals surface area contributed by atoms with Gasteiger partial charge < -0.3 is 5.73 Å². The highest BCUT2D eigenvalue weighted by Crippen LogP contribution is 2.32. The van der Waals surface area contributed by atoms with E-state index in [0.29, 0.717) is 0 Å². The summed E-state index contributed by atoms with van der Waals surface area (Å²) in [6.45, 7) is 0. The summed E-state index contributed by atoms with van der Waals surface area (Å²) in [5.74, 6) is 0.792. The Hall–Kier alpha value is -0.480. The van der Waals surface area contributed by atoms with Crippen LogP contribution in [0.15, 0.2) is 16.9 Å². The first kappa shape index (κ1) is 10.1. The molecule has 2 rings (SSSR count). The number of hydrogen-bond acceptors (Lipinski definition) is 3. The largest absolute Gasteiger partial charge is 0.319 e. The Balaban J connectivity index is 2.23. The van der Waals surface area contributed by atoms with E-state index in [9.17, 15) is 0 Å². The molecular formula is C10H14BrN3. The van der Waals surface area contributed by atoms with Gasteiger partial charge >= 0.3 is 0 Å². The minimum Gasteiger partial charge on any atom is -0.319 e. The quantitative estimate of drug-likeness (QED) is 0.839. The summed E-state index contributed by atoms with van der Waals surface area (Å²) in [6, 6.07) is 0. The maximum absolute atomic E-state index is 6.29. The Morgan fingerprint density at radius 2 is 1.71 bits per heavy atom. The minimum atomic E-state index is -0.279. The predicted octanol–water partition coefficient (Wildman–Crippen LogP) is 2.36. The summed E-state index contributed by atoms with van der Waals surface area (Å²) in [5, 5.41) is 0. The van der Waals surface area contributed by atoms with Gasteiger partial charge in [-0.1, -0.05) is 19.3 Å². The van der Waals surface area contributed by atoms with E-state index >= 15 is 0 Å². The number of halogens is 1. The van der Waals surface area contributed by atoms with Gasteiger partial charge in [0.15, 0.2) is 0 Å². The Labute approximate surface area is 92.3 Å². The van der Waals surface area contributed by atoms with Crippen LogP contribution in [0.1, 0.15) is 37.9 Å². The highest BCUT2D eigenvalue weighted by Gasteiger charge is 2.31. The van der Waals surface area contributed by atoms with Crippen molar-refractivity contribution in [3.05, 3.63) is 22.7 Å². The molecule has 0 aliphatic heterocycles. The maximum atomic E-state index is 6.29. The van der Waals surface area contributed by atoms with Crippen molar-refractivity contribution in [1.82, 2.24) is 9.97 Å². The van der Waals surface area contributed by atoms with E-state index in [1.54, 1.807) is 12.4 Å². The molecule has 1 aliphatic rings. The van der Waals surface area contributed by atoms with Crippen LogP contribution in [0.5, 0.6) is 0 Å². The molecule has 1 saturated carbocycles. The molecule has 0 atom stereocenters. The van der Waals surface area contributed by atoms with Gasteiger partial charge in [0.2, 0.25) is 0 Å². The SMILES string of the molecule is NC1(c2ncc(Br)cn2)CCCCC1. The third-order valence-corrected chi connectivity index (χ3v) is 3.22. The molecule has 0 amide bonds. The lowest BCUT2D eigenvalue weighted by molar-refractivity contribution is 0.287. The maximum Gasteiger partial charge on any atom is 0.148 e. The Bertz CT molecular complexity index is 304. The van der Waals surface area contributed by atoms with Crippen LogP contribution in [0.2, 0.25) is 0 Å². The molecule has 76 valence electrons. The standard InChI is InChI=1S/C10H14BrN3/c11-8-6-13-9(14-7-8)10(12)4-2-1-3-5-10/h6-7H,1-5,12H2. The fourth-order valence-corrected chi connectivity index (χ4v) is 2.18. The van der Waals surface area contributed by atoms with Crippen LogP contribution in [-0.4, -0.2) is 9.97 Å². The summed E-state index contributed by atoms with van der Waals surface area (Å²) in [4.78, 5) is 8.58. The van der Waals surface area contributed by atoms with Gasteiger partial charge in [-0.15, -0.1) is 0 Å². The second-order valence-electron chi connectivity index (χ2n) is 3.94. The van der Waals surface area contributed by atoms with Gasteiger partial charge in [-0.05, 0) is 28.8 Å². The fraction of sp³-hybridized carbons (Fsp3) is 0.600. The molecule has 1 fully saturated rings. The van der Waals surface area contributed by atoms with Crippen LogP contribution in [0.4, 0.5) is 0 Å². The third kappa shape index (κ3) is 1.96. The van der Waals surface area contributed by atoms with Crippen LogP contribution in [-0.2, 0) is 5.54 Å². The van der Waals surface area contributed by atoms with Gasteiger partial charge in [0.05, 0.1) is 10.0 Å². The highest BCUT2D eigenvalue weighted by molar-refractivity contribution is 9.10. The summed E-state index contributed by atoms with van der Waals surface area (Å²) in [6.07, 6.45) is 9.22. The molecule has 0 spiro atoms. The molecule has 1 aromatic heterocycles. The molecule has 1 aliphatic carbocycles. The minimum absolute atomic E-state index is 0.279. The van der Waals surface area contributed by atoms with E-state index in [-0.39, 0.29) is 5.54 Å². The van der Waals surface area contributed by atoms with Crippen molar-refractivity contribution in [2.24, 2.45) is 5.73 Å². The zero-order valence-corrected chi connectivity index (χ0v) is 9.63. The first-order valence-electron chi connectivity index (χ1n) is 4.98. The van der Waals surface area contributed by atoms with Crippen LogP contribution >= 0.6 is 15.9 Å². The van der Waals surface area contributed by atoms with E-state index in [0.717, 1.165) is 23.1 Å². The highest BCUT2D eigenvalue weighted by atomic mass is 79.9.